The van der Waals surface area contributed by atoms with E-state index in [9.17, 15) is 18.3 Å². The molecule has 4 nitrogen and oxygen atoms in total. The summed E-state index contributed by atoms with van der Waals surface area (Å²) in [4.78, 5) is 1.33. The first-order valence-electron chi connectivity index (χ1n) is 6.91. The predicted octanol–water partition coefficient (Wildman–Crippen LogP) is 2.30. The highest BCUT2D eigenvalue weighted by Crippen LogP contribution is 2.44. The van der Waals surface area contributed by atoms with E-state index in [1.165, 1.54) is 23.1 Å². The number of halogens is 3. The second-order valence-electron chi connectivity index (χ2n) is 4.86. The molecule has 1 heterocycles. The zero-order chi connectivity index (χ0) is 15.5. The number of para-hydroxylation sites is 1. The molecule has 1 aliphatic rings. The van der Waals surface area contributed by atoms with Crippen LogP contribution in [0.15, 0.2) is 18.2 Å². The molecule has 118 valence electrons. The van der Waals surface area contributed by atoms with Crippen LogP contribution >= 0.6 is 0 Å². The van der Waals surface area contributed by atoms with Crippen LogP contribution in [0.2, 0.25) is 0 Å². The third-order valence-electron chi connectivity index (χ3n) is 3.45. The fourth-order valence-corrected chi connectivity index (χ4v) is 2.55. The van der Waals surface area contributed by atoms with E-state index in [0.717, 1.165) is 0 Å². The number of phenolic OH excluding ortho intramolecular Hbond substituents is 1. The number of hydrogen-bond acceptors (Lipinski definition) is 4. The summed E-state index contributed by atoms with van der Waals surface area (Å²) >= 11 is 0. The van der Waals surface area contributed by atoms with E-state index < -0.39 is 18.0 Å². The lowest BCUT2D eigenvalue weighted by Gasteiger charge is -2.36. The van der Waals surface area contributed by atoms with Gasteiger partial charge in [0.25, 0.3) is 0 Å². The SMILES string of the molecule is CCOc1cccc([C@@H](N2CCNCC2)C(F)(F)F)c1O. The van der Waals surface area contributed by atoms with E-state index in [2.05, 4.69) is 5.32 Å². The average Bonchev–Trinajstić information content (AvgIpc) is 2.43. The smallest absolute Gasteiger partial charge is 0.408 e. The lowest BCUT2D eigenvalue weighted by Crippen LogP contribution is -2.49. The fourth-order valence-electron chi connectivity index (χ4n) is 2.55. The molecule has 0 amide bonds. The van der Waals surface area contributed by atoms with Crippen LogP contribution < -0.4 is 10.1 Å². The number of hydrogen-bond donors (Lipinski definition) is 2. The standard InChI is InChI=1S/C14H19F3N2O2/c1-2-21-11-5-3-4-10(12(11)20)13(14(15,16)17)19-8-6-18-7-9-19/h3-5,13,18,20H,2,6-9H2,1H3/t13-/m1/s1. The van der Waals surface area contributed by atoms with E-state index in [1.807, 2.05) is 0 Å². The molecule has 2 N–H and O–H groups in total. The maximum Gasteiger partial charge on any atom is 0.408 e. The molecule has 0 saturated carbocycles. The van der Waals surface area contributed by atoms with Gasteiger partial charge < -0.3 is 15.2 Å². The van der Waals surface area contributed by atoms with Gasteiger partial charge in [0.15, 0.2) is 11.5 Å². The van der Waals surface area contributed by atoms with Gasteiger partial charge in [0.05, 0.1) is 6.61 Å². The summed E-state index contributed by atoms with van der Waals surface area (Å²) in [5, 5.41) is 13.1. The van der Waals surface area contributed by atoms with E-state index >= 15 is 0 Å². The van der Waals surface area contributed by atoms with Crippen molar-refractivity contribution < 1.29 is 23.0 Å². The molecule has 0 aromatic heterocycles. The highest BCUT2D eigenvalue weighted by molar-refractivity contribution is 5.47. The third-order valence-corrected chi connectivity index (χ3v) is 3.45. The Morgan fingerprint density at radius 3 is 2.57 bits per heavy atom. The van der Waals surface area contributed by atoms with Crippen LogP contribution in [0.25, 0.3) is 0 Å². The second kappa shape index (κ2) is 6.53. The average molecular weight is 304 g/mol. The van der Waals surface area contributed by atoms with Crippen molar-refractivity contribution in [2.24, 2.45) is 0 Å². The highest BCUT2D eigenvalue weighted by atomic mass is 19.4. The van der Waals surface area contributed by atoms with Crippen molar-refractivity contribution in [3.05, 3.63) is 23.8 Å². The summed E-state index contributed by atoms with van der Waals surface area (Å²) in [6, 6.07) is 2.42. The Kier molecular flexibility index (Phi) is 4.95. The Hall–Kier alpha value is -1.47. The molecular formula is C14H19F3N2O2. The van der Waals surface area contributed by atoms with Gasteiger partial charge in [-0.1, -0.05) is 12.1 Å². The number of alkyl halides is 3. The quantitative estimate of drug-likeness (QED) is 0.896. The van der Waals surface area contributed by atoms with Gasteiger partial charge in [-0.3, -0.25) is 4.90 Å². The van der Waals surface area contributed by atoms with Crippen LogP contribution in [0.5, 0.6) is 11.5 Å². The van der Waals surface area contributed by atoms with Gasteiger partial charge in [-0.25, -0.2) is 0 Å². The minimum Gasteiger partial charge on any atom is -0.504 e. The summed E-state index contributed by atoms with van der Waals surface area (Å²) in [6.07, 6.45) is -4.46. The molecule has 1 aromatic rings. The van der Waals surface area contributed by atoms with Gasteiger partial charge in [0.1, 0.15) is 6.04 Å². The fraction of sp³-hybridized carbons (Fsp3) is 0.571. The third kappa shape index (κ3) is 3.59. The topological polar surface area (TPSA) is 44.7 Å². The van der Waals surface area contributed by atoms with Gasteiger partial charge in [-0.2, -0.15) is 13.2 Å². The van der Waals surface area contributed by atoms with Crippen molar-refractivity contribution in [1.82, 2.24) is 10.2 Å². The van der Waals surface area contributed by atoms with Gasteiger partial charge in [-0.05, 0) is 13.0 Å². The molecule has 0 spiro atoms. The van der Waals surface area contributed by atoms with Crippen LogP contribution in [-0.4, -0.2) is 49.0 Å². The first-order chi connectivity index (χ1) is 9.95. The Morgan fingerprint density at radius 2 is 2.00 bits per heavy atom. The van der Waals surface area contributed by atoms with Gasteiger partial charge in [0, 0.05) is 31.7 Å². The molecule has 1 aromatic carbocycles. The number of aromatic hydroxyl groups is 1. The van der Waals surface area contributed by atoms with Crippen molar-refractivity contribution >= 4 is 0 Å². The second-order valence-corrected chi connectivity index (χ2v) is 4.86. The number of nitrogens with zero attached hydrogens (tertiary/aromatic N) is 1. The summed E-state index contributed by atoms with van der Waals surface area (Å²) in [5.41, 5.74) is -0.157. The van der Waals surface area contributed by atoms with Crippen LogP contribution in [0.4, 0.5) is 13.2 Å². The van der Waals surface area contributed by atoms with Crippen molar-refractivity contribution in [2.75, 3.05) is 32.8 Å². The van der Waals surface area contributed by atoms with E-state index in [1.54, 1.807) is 6.92 Å². The zero-order valence-corrected chi connectivity index (χ0v) is 11.8. The van der Waals surface area contributed by atoms with Crippen LogP contribution in [0, 0.1) is 0 Å². The number of phenols is 1. The van der Waals surface area contributed by atoms with E-state index in [4.69, 9.17) is 4.74 Å². The molecule has 1 fully saturated rings. The molecule has 21 heavy (non-hydrogen) atoms. The Bertz CT molecular complexity index is 474. The van der Waals surface area contributed by atoms with Gasteiger partial charge in [0.2, 0.25) is 0 Å². The largest absolute Gasteiger partial charge is 0.504 e. The summed E-state index contributed by atoms with van der Waals surface area (Å²) in [5.74, 6) is -0.348. The number of rotatable bonds is 4. The van der Waals surface area contributed by atoms with Gasteiger partial charge >= 0.3 is 6.18 Å². The van der Waals surface area contributed by atoms with Crippen molar-refractivity contribution in [3.63, 3.8) is 0 Å². The maximum atomic E-state index is 13.5. The Labute approximate surface area is 121 Å². The molecule has 2 rings (SSSR count). The molecule has 0 bridgehead atoms. The number of piperazine rings is 1. The van der Waals surface area contributed by atoms with E-state index in [0.29, 0.717) is 13.1 Å². The summed E-state index contributed by atoms with van der Waals surface area (Å²) in [7, 11) is 0. The molecule has 1 atom stereocenters. The lowest BCUT2D eigenvalue weighted by atomic mass is 10.0. The van der Waals surface area contributed by atoms with E-state index in [-0.39, 0.29) is 31.0 Å². The Balaban J connectivity index is 2.39. The monoisotopic (exact) mass is 304 g/mol. The van der Waals surface area contributed by atoms with Crippen molar-refractivity contribution in [1.29, 1.82) is 0 Å². The number of benzene rings is 1. The first kappa shape index (κ1) is 15.9. The maximum absolute atomic E-state index is 13.5. The molecule has 1 saturated heterocycles. The zero-order valence-electron chi connectivity index (χ0n) is 11.8. The van der Waals surface area contributed by atoms with Crippen molar-refractivity contribution in [2.45, 2.75) is 19.1 Å². The highest BCUT2D eigenvalue weighted by Gasteiger charge is 2.46. The number of nitrogens with one attached hydrogen (secondary N) is 1. The Morgan fingerprint density at radius 1 is 1.33 bits per heavy atom. The minimum absolute atomic E-state index is 0.0828. The first-order valence-corrected chi connectivity index (χ1v) is 6.91. The van der Waals surface area contributed by atoms with Gasteiger partial charge in [-0.15, -0.1) is 0 Å². The molecular weight excluding hydrogens is 285 g/mol. The molecule has 0 radical (unpaired) electrons. The van der Waals surface area contributed by atoms with Crippen LogP contribution in [0.3, 0.4) is 0 Å². The molecule has 0 aliphatic carbocycles. The normalized spacial score (nSPS) is 18.5. The van der Waals surface area contributed by atoms with Crippen molar-refractivity contribution in [3.8, 4) is 11.5 Å². The summed E-state index contributed by atoms with van der Waals surface area (Å²) < 4.78 is 45.6. The lowest BCUT2D eigenvalue weighted by molar-refractivity contribution is -0.188. The minimum atomic E-state index is -4.46. The molecule has 1 aliphatic heterocycles. The molecule has 0 unspecified atom stereocenters. The predicted molar refractivity (Wildman–Crippen MR) is 72.5 cm³/mol. The number of ether oxygens (including phenoxy) is 1. The van der Waals surface area contributed by atoms with Crippen LogP contribution in [-0.2, 0) is 0 Å². The molecule has 7 heteroatoms. The summed E-state index contributed by atoms with van der Waals surface area (Å²) in [6.45, 7) is 3.55. The van der Waals surface area contributed by atoms with Crippen LogP contribution in [0.1, 0.15) is 18.5 Å².